The van der Waals surface area contributed by atoms with Gasteiger partial charge in [0.2, 0.25) is 0 Å². The van der Waals surface area contributed by atoms with Gasteiger partial charge in [-0.15, -0.1) is 0 Å². The van der Waals surface area contributed by atoms with Crippen molar-refractivity contribution in [1.29, 1.82) is 0 Å². The first-order chi connectivity index (χ1) is 5.38. The van der Waals surface area contributed by atoms with Gasteiger partial charge in [-0.3, -0.25) is 0 Å². The summed E-state index contributed by atoms with van der Waals surface area (Å²) in [6.07, 6.45) is 0. The van der Waals surface area contributed by atoms with E-state index in [0.29, 0.717) is 0 Å². The average molecular weight is 472 g/mol. The summed E-state index contributed by atoms with van der Waals surface area (Å²) in [4.78, 5) is 9.57. The summed E-state index contributed by atoms with van der Waals surface area (Å²) in [6.45, 7) is 0. The van der Waals surface area contributed by atoms with Crippen molar-refractivity contribution in [3.8, 4) is 0 Å². The summed E-state index contributed by atoms with van der Waals surface area (Å²) in [5, 5.41) is 0. The van der Waals surface area contributed by atoms with Crippen LogP contribution in [-0.2, 0) is 0 Å². The zero-order chi connectivity index (χ0) is 7.68. The van der Waals surface area contributed by atoms with E-state index in [0.717, 1.165) is 44.9 Å². The predicted molar refractivity (Wildman–Crippen MR) is 57.2 cm³/mol. The van der Waals surface area contributed by atoms with Crippen molar-refractivity contribution < 1.29 is 0 Å². The Hall–Kier alpha value is 1.78. The van der Waals surface area contributed by atoms with E-state index in [9.17, 15) is 0 Å². The molecule has 0 N–H and O–H groups in total. The molecule has 0 aromatic carbocycles. The third-order valence-electron chi connectivity index (χ3n) is 1.10. The van der Waals surface area contributed by atoms with Crippen LogP contribution in [0.3, 0.4) is 0 Å². The second-order valence-corrected chi connectivity index (χ2v) is 16.4. The summed E-state index contributed by atoms with van der Waals surface area (Å²) in [5.41, 5.74) is 0. The Balaban J connectivity index is 2.21. The molecule has 0 spiro atoms. The SMILES string of the molecule is Br[Se]1C=C[Se]C1=C1[Se]C=C[Se]1. The van der Waals surface area contributed by atoms with Crippen molar-refractivity contribution in [2.75, 3.05) is 0 Å². The second kappa shape index (κ2) is 4.33. The third-order valence-corrected chi connectivity index (χ3v) is 22.2. The van der Waals surface area contributed by atoms with Crippen molar-refractivity contribution in [3.05, 3.63) is 26.6 Å². The molecule has 59 valence electrons. The van der Waals surface area contributed by atoms with Gasteiger partial charge in [-0.2, -0.15) is 0 Å². The van der Waals surface area contributed by atoms with Crippen molar-refractivity contribution >= 4 is 71.1 Å². The molecule has 0 saturated heterocycles. The molecule has 2 rings (SSSR count). The van der Waals surface area contributed by atoms with Crippen LogP contribution in [0.15, 0.2) is 26.6 Å². The van der Waals surface area contributed by atoms with Crippen molar-refractivity contribution in [2.24, 2.45) is 0 Å². The first-order valence-electron chi connectivity index (χ1n) is 2.83. The fourth-order valence-electron chi connectivity index (χ4n) is 0.677. The van der Waals surface area contributed by atoms with E-state index in [2.05, 4.69) is 34.0 Å². The molecule has 1 radical (unpaired) electrons. The molecule has 0 amide bonds. The molecular formula is C6H4BrSe4. The van der Waals surface area contributed by atoms with E-state index >= 15 is 0 Å². The molecule has 0 bridgehead atoms. The Bertz CT molecular complexity index is 245. The zero-order valence-electron chi connectivity index (χ0n) is 5.32. The van der Waals surface area contributed by atoms with Crippen LogP contribution in [0.1, 0.15) is 0 Å². The van der Waals surface area contributed by atoms with E-state index in [1.165, 1.54) is 0 Å². The molecule has 2 heterocycles. The summed E-state index contributed by atoms with van der Waals surface area (Å²) in [7, 11) is 0. The minimum absolute atomic E-state index is 0.560. The standard InChI is InChI=1S/C6H4BrSe4/c7-11-4-3-10-6(11)5-8-1-2-9-5/h1-4H. The van der Waals surface area contributed by atoms with Crippen LogP contribution in [0, 0.1) is 0 Å². The zero-order valence-corrected chi connectivity index (χ0v) is 13.8. The number of rotatable bonds is 0. The van der Waals surface area contributed by atoms with Gasteiger partial charge in [0.1, 0.15) is 0 Å². The molecule has 5 heteroatoms. The van der Waals surface area contributed by atoms with Gasteiger partial charge in [-0.1, -0.05) is 0 Å². The van der Waals surface area contributed by atoms with Gasteiger partial charge in [0.05, 0.1) is 0 Å². The van der Waals surface area contributed by atoms with Gasteiger partial charge in [0.25, 0.3) is 0 Å². The summed E-state index contributed by atoms with van der Waals surface area (Å²) in [5.74, 6) is 0. The van der Waals surface area contributed by atoms with E-state index in [1.54, 1.807) is 0 Å². The predicted octanol–water partition coefficient (Wildman–Crippen LogP) is 0.745. The maximum atomic E-state index is 3.80. The van der Waals surface area contributed by atoms with Crippen LogP contribution in [0.25, 0.3) is 0 Å². The van der Waals surface area contributed by atoms with Crippen LogP contribution in [0.4, 0.5) is 0 Å². The Morgan fingerprint density at radius 2 is 1.82 bits per heavy atom. The molecule has 0 nitrogen and oxygen atoms in total. The van der Waals surface area contributed by atoms with Crippen LogP contribution in [0.5, 0.6) is 0 Å². The molecule has 0 saturated carbocycles. The van der Waals surface area contributed by atoms with Gasteiger partial charge in [0.15, 0.2) is 0 Å². The number of hydrogen-bond donors (Lipinski definition) is 0. The van der Waals surface area contributed by atoms with Gasteiger partial charge < -0.3 is 0 Å². The van der Waals surface area contributed by atoms with Gasteiger partial charge >= 0.3 is 97.7 Å². The fraction of sp³-hybridized carbons (Fsp3) is 0. The first kappa shape index (κ1) is 9.34. The molecule has 2 aliphatic heterocycles. The molecule has 0 aromatic rings. The minimum atomic E-state index is -0.560. The van der Waals surface area contributed by atoms with Crippen molar-refractivity contribution in [3.63, 3.8) is 0 Å². The first-order valence-corrected chi connectivity index (χ1v) is 14.2. The molecule has 0 unspecified atom stereocenters. The summed E-state index contributed by atoms with van der Waals surface area (Å²) < 4.78 is 3.67. The van der Waals surface area contributed by atoms with Crippen molar-refractivity contribution in [1.82, 2.24) is 0 Å². The van der Waals surface area contributed by atoms with Crippen LogP contribution in [-0.4, -0.2) is 57.0 Å². The summed E-state index contributed by atoms with van der Waals surface area (Å²) >= 11 is 5.43. The Morgan fingerprint density at radius 1 is 1.09 bits per heavy atom. The molecule has 0 atom stereocenters. The maximum absolute atomic E-state index is 3.80. The molecule has 0 aliphatic carbocycles. The second-order valence-electron chi connectivity index (χ2n) is 1.76. The van der Waals surface area contributed by atoms with Crippen LogP contribution < -0.4 is 0 Å². The number of halogens is 1. The van der Waals surface area contributed by atoms with Gasteiger partial charge in [-0.05, 0) is 0 Å². The van der Waals surface area contributed by atoms with Gasteiger partial charge in [0, 0.05) is 0 Å². The third kappa shape index (κ3) is 2.17. The van der Waals surface area contributed by atoms with Gasteiger partial charge in [-0.25, -0.2) is 0 Å². The van der Waals surface area contributed by atoms with E-state index in [-0.39, 0.29) is 0 Å². The molecule has 0 aromatic heterocycles. The summed E-state index contributed by atoms with van der Waals surface area (Å²) in [6, 6.07) is 0. The quantitative estimate of drug-likeness (QED) is 0.457. The Morgan fingerprint density at radius 3 is 2.36 bits per heavy atom. The molecule has 2 aliphatic rings. The fourth-order valence-corrected chi connectivity index (χ4v) is 23.3. The molecule has 11 heavy (non-hydrogen) atoms. The van der Waals surface area contributed by atoms with Crippen LogP contribution >= 0.6 is 14.1 Å². The van der Waals surface area contributed by atoms with E-state index in [4.69, 9.17) is 0 Å². The topological polar surface area (TPSA) is 0 Å². The van der Waals surface area contributed by atoms with Crippen molar-refractivity contribution in [2.45, 2.75) is 0 Å². The monoisotopic (exact) mass is 475 g/mol. The molecule has 0 fully saturated rings. The van der Waals surface area contributed by atoms with E-state index < -0.39 is 12.1 Å². The van der Waals surface area contributed by atoms with Crippen LogP contribution in [0.2, 0.25) is 0 Å². The average Bonchev–Trinajstić information content (AvgIpc) is 2.55. The Kier molecular flexibility index (Phi) is 3.67. The normalized spacial score (nSPS) is 24.1. The van der Waals surface area contributed by atoms with E-state index in [1.807, 2.05) is 6.74 Å². The number of hydrogen-bond acceptors (Lipinski definition) is 0. The molecular weight excluding hydrogens is 468 g/mol. The Labute approximate surface area is 96.4 Å².